The minimum atomic E-state index is -1.12. The number of anilines is 1. The van der Waals surface area contributed by atoms with Crippen LogP contribution < -0.4 is 10.6 Å². The van der Waals surface area contributed by atoms with Crippen molar-refractivity contribution < 1.29 is 14.0 Å². The number of alkyl halides is 1. The molecule has 1 saturated heterocycles. The lowest BCUT2D eigenvalue weighted by Gasteiger charge is -2.59. The summed E-state index contributed by atoms with van der Waals surface area (Å²) in [6.07, 6.45) is 2.08. The summed E-state index contributed by atoms with van der Waals surface area (Å²) in [4.78, 5) is 32.8. The maximum absolute atomic E-state index is 13.8. The van der Waals surface area contributed by atoms with E-state index < -0.39 is 6.17 Å². The molecule has 2 atom stereocenters. The number of amides is 2. The second kappa shape index (κ2) is 10.2. The lowest BCUT2D eigenvalue weighted by atomic mass is 9.60. The van der Waals surface area contributed by atoms with E-state index in [1.807, 2.05) is 4.90 Å². The van der Waals surface area contributed by atoms with E-state index >= 15 is 0 Å². The van der Waals surface area contributed by atoms with Crippen LogP contribution >= 0.6 is 11.3 Å². The number of rotatable bonds is 8. The van der Waals surface area contributed by atoms with Crippen LogP contribution in [0.1, 0.15) is 79.8 Å². The third-order valence-electron chi connectivity index (χ3n) is 8.37. The fourth-order valence-corrected chi connectivity index (χ4v) is 6.40. The van der Waals surface area contributed by atoms with Crippen molar-refractivity contribution in [3.8, 4) is 0 Å². The minimum absolute atomic E-state index is 0.0232. The first-order chi connectivity index (χ1) is 18.4. The van der Waals surface area contributed by atoms with Crippen LogP contribution in [0.25, 0.3) is 11.0 Å². The van der Waals surface area contributed by atoms with Gasteiger partial charge in [-0.15, -0.1) is 11.3 Å². The fraction of sp³-hybridized carbons (Fsp3) is 0.500. The maximum Gasteiger partial charge on any atom is 0.268 e. The van der Waals surface area contributed by atoms with Crippen molar-refractivity contribution >= 4 is 40.1 Å². The molecule has 1 unspecified atom stereocenters. The van der Waals surface area contributed by atoms with Crippen LogP contribution in [0.15, 0.2) is 43.0 Å². The predicted octanol–water partition coefficient (Wildman–Crippen LogP) is 6.25. The topological polar surface area (TPSA) is 79.3 Å². The number of nitrogens with zero attached hydrogens (tertiary/aromatic N) is 3. The predicted molar refractivity (Wildman–Crippen MR) is 155 cm³/mol. The highest BCUT2D eigenvalue weighted by molar-refractivity contribution is 7.14. The van der Waals surface area contributed by atoms with Gasteiger partial charge in [0.2, 0.25) is 11.9 Å². The molecule has 1 aliphatic carbocycles. The summed E-state index contributed by atoms with van der Waals surface area (Å²) in [5.74, 6) is 0.194. The average Bonchev–Trinajstić information content (AvgIpc) is 3.45. The van der Waals surface area contributed by atoms with Crippen LogP contribution in [0, 0.1) is 10.8 Å². The van der Waals surface area contributed by atoms with Crippen molar-refractivity contribution in [3.05, 3.63) is 58.3 Å². The third kappa shape index (κ3) is 5.39. The summed E-state index contributed by atoms with van der Waals surface area (Å²) < 4.78 is 15.9. The number of benzene rings is 1. The zero-order valence-electron chi connectivity index (χ0n) is 23.4. The number of nitrogens with one attached hydrogen (secondary N) is 2. The van der Waals surface area contributed by atoms with E-state index in [-0.39, 0.29) is 28.7 Å². The molecule has 0 radical (unpaired) electrons. The first kappa shape index (κ1) is 27.5. The molecule has 2 aromatic heterocycles. The summed E-state index contributed by atoms with van der Waals surface area (Å²) in [6, 6.07) is 10.1. The summed E-state index contributed by atoms with van der Waals surface area (Å²) in [5.41, 5.74) is 3.20. The van der Waals surface area contributed by atoms with Gasteiger partial charge in [0.1, 0.15) is 6.17 Å². The van der Waals surface area contributed by atoms with Crippen molar-refractivity contribution in [1.82, 2.24) is 19.8 Å². The lowest BCUT2D eigenvalue weighted by molar-refractivity contribution is -0.148. The highest BCUT2D eigenvalue weighted by Crippen LogP contribution is 2.55. The lowest BCUT2D eigenvalue weighted by Crippen LogP contribution is -2.63. The molecule has 39 heavy (non-hydrogen) atoms. The van der Waals surface area contributed by atoms with Gasteiger partial charge in [0, 0.05) is 42.0 Å². The quantitative estimate of drug-likeness (QED) is 0.324. The van der Waals surface area contributed by atoms with E-state index in [0.717, 1.165) is 60.4 Å². The Morgan fingerprint density at radius 2 is 1.95 bits per heavy atom. The molecule has 1 aromatic carbocycles. The second-order valence-corrected chi connectivity index (χ2v) is 13.4. The third-order valence-corrected chi connectivity index (χ3v) is 9.61. The van der Waals surface area contributed by atoms with Crippen LogP contribution in [0.4, 0.5) is 10.3 Å². The number of hydrogen-bond donors (Lipinski definition) is 2. The SMILES string of the molecule is C=CC(=O)N1CC2(CC(n3c(NC(=O)c4ccc(C(C)F)s4)nc4cc(CN[C@@H](C)C(C)(C)C)ccc43)C2)C1. The normalized spacial score (nSPS) is 18.5. The number of imidazole rings is 1. The Balaban J connectivity index is 1.39. The Labute approximate surface area is 233 Å². The van der Waals surface area contributed by atoms with Crippen molar-refractivity contribution in [1.29, 1.82) is 0 Å². The van der Waals surface area contributed by atoms with E-state index in [4.69, 9.17) is 4.98 Å². The van der Waals surface area contributed by atoms with E-state index in [1.54, 1.807) is 12.1 Å². The molecule has 5 rings (SSSR count). The zero-order chi connectivity index (χ0) is 28.1. The standard InChI is InChI=1S/C30H38FN5O2S/c1-7-26(37)35-16-30(17-35)13-21(14-30)36-23-9-8-20(15-32-19(3)29(4,5)6)12-22(23)33-28(36)34-27(38)25-11-10-24(39-25)18(2)31/h7-12,18-19,21,32H,1,13-17H2,2-6H3,(H,33,34,38)/t18?,19-/m0/s1. The largest absolute Gasteiger partial charge is 0.338 e. The molecule has 7 nitrogen and oxygen atoms in total. The number of carbonyl (C=O) groups is 2. The monoisotopic (exact) mass is 551 g/mol. The van der Waals surface area contributed by atoms with Crippen molar-refractivity contribution in [3.63, 3.8) is 0 Å². The molecular formula is C30H38FN5O2S. The van der Waals surface area contributed by atoms with Crippen molar-refractivity contribution in [2.45, 2.75) is 72.3 Å². The first-order valence-electron chi connectivity index (χ1n) is 13.6. The zero-order valence-corrected chi connectivity index (χ0v) is 24.2. The summed E-state index contributed by atoms with van der Waals surface area (Å²) in [7, 11) is 0. The summed E-state index contributed by atoms with van der Waals surface area (Å²) in [6.45, 7) is 16.1. The van der Waals surface area contributed by atoms with Gasteiger partial charge in [-0.25, -0.2) is 9.37 Å². The van der Waals surface area contributed by atoms with Crippen LogP contribution in [0.3, 0.4) is 0 Å². The Bertz CT molecular complexity index is 1400. The van der Waals surface area contributed by atoms with Crippen molar-refractivity contribution in [2.75, 3.05) is 18.4 Å². The van der Waals surface area contributed by atoms with Crippen LogP contribution in [0.2, 0.25) is 0 Å². The molecule has 0 bridgehead atoms. The highest BCUT2D eigenvalue weighted by atomic mass is 32.1. The molecule has 9 heteroatoms. The molecule has 1 saturated carbocycles. The number of likely N-dealkylation sites (tertiary alicyclic amines) is 1. The Morgan fingerprint density at radius 3 is 2.56 bits per heavy atom. The molecule has 2 aliphatic rings. The van der Waals surface area contributed by atoms with E-state index in [0.29, 0.717) is 21.7 Å². The van der Waals surface area contributed by atoms with Crippen LogP contribution in [-0.2, 0) is 11.3 Å². The number of thiophene rings is 1. The van der Waals surface area contributed by atoms with Gasteiger partial charge in [-0.3, -0.25) is 14.9 Å². The van der Waals surface area contributed by atoms with E-state index in [9.17, 15) is 14.0 Å². The molecule has 1 spiro atoms. The second-order valence-electron chi connectivity index (χ2n) is 12.3. The molecule has 3 heterocycles. The van der Waals surface area contributed by atoms with E-state index in [2.05, 4.69) is 67.7 Å². The van der Waals surface area contributed by atoms with Crippen LogP contribution in [0.5, 0.6) is 0 Å². The fourth-order valence-electron chi connectivity index (χ4n) is 5.57. The Hall–Kier alpha value is -3.04. The first-order valence-corrected chi connectivity index (χ1v) is 14.4. The minimum Gasteiger partial charge on any atom is -0.338 e. The van der Waals surface area contributed by atoms with Gasteiger partial charge in [-0.05, 0) is 68.0 Å². The smallest absolute Gasteiger partial charge is 0.268 e. The number of carbonyl (C=O) groups excluding carboxylic acids is 2. The number of fused-ring (bicyclic) bond motifs is 1. The van der Waals surface area contributed by atoms with Gasteiger partial charge in [-0.2, -0.15) is 0 Å². The average molecular weight is 552 g/mol. The summed E-state index contributed by atoms with van der Waals surface area (Å²) in [5, 5.41) is 6.62. The Kier molecular flexibility index (Phi) is 7.18. The Morgan fingerprint density at radius 1 is 1.23 bits per heavy atom. The van der Waals surface area contributed by atoms with Gasteiger partial charge in [0.25, 0.3) is 5.91 Å². The molecule has 2 N–H and O–H groups in total. The number of halogens is 1. The van der Waals surface area contributed by atoms with Crippen LogP contribution in [-0.4, -0.2) is 45.4 Å². The molecule has 208 valence electrons. The van der Waals surface area contributed by atoms with E-state index in [1.165, 1.54) is 13.0 Å². The van der Waals surface area contributed by atoms with Gasteiger partial charge in [-0.1, -0.05) is 33.4 Å². The molecule has 1 aliphatic heterocycles. The van der Waals surface area contributed by atoms with Gasteiger partial charge < -0.3 is 14.8 Å². The molecule has 3 aromatic rings. The summed E-state index contributed by atoms with van der Waals surface area (Å²) >= 11 is 1.16. The van der Waals surface area contributed by atoms with Gasteiger partial charge in [0.15, 0.2) is 0 Å². The number of aromatic nitrogens is 2. The molecule has 2 amide bonds. The van der Waals surface area contributed by atoms with Crippen molar-refractivity contribution in [2.24, 2.45) is 10.8 Å². The number of hydrogen-bond acceptors (Lipinski definition) is 5. The van der Waals surface area contributed by atoms with Gasteiger partial charge in [0.05, 0.1) is 15.9 Å². The molecular weight excluding hydrogens is 513 g/mol. The molecule has 2 fully saturated rings. The highest BCUT2D eigenvalue weighted by Gasteiger charge is 2.54. The van der Waals surface area contributed by atoms with Gasteiger partial charge >= 0.3 is 0 Å². The maximum atomic E-state index is 13.8.